The molecule has 3 heterocycles. The number of hydrogen-bond acceptors (Lipinski definition) is 4. The molecule has 0 aromatic carbocycles. The van der Waals surface area contributed by atoms with Crippen LogP contribution in [0.1, 0.15) is 29.0 Å². The van der Waals surface area contributed by atoms with E-state index in [4.69, 9.17) is 9.47 Å². The first-order chi connectivity index (χ1) is 9.62. The van der Waals surface area contributed by atoms with E-state index in [1.54, 1.807) is 13.2 Å². The topological polar surface area (TPSA) is 51.7 Å². The van der Waals surface area contributed by atoms with E-state index in [0.717, 1.165) is 25.1 Å². The summed E-state index contributed by atoms with van der Waals surface area (Å²) in [6, 6.07) is 5.54. The quantitative estimate of drug-likeness (QED) is 0.819. The number of carbonyl (C=O) groups excluding carboxylic acids is 1. The van der Waals surface area contributed by atoms with Crippen LogP contribution in [0.5, 0.6) is 0 Å². The van der Waals surface area contributed by atoms with E-state index in [-0.39, 0.29) is 17.6 Å². The van der Waals surface area contributed by atoms with Crippen LogP contribution in [0.25, 0.3) is 0 Å². The minimum Gasteiger partial charge on any atom is -0.379 e. The number of ether oxygens (including phenoxy) is 2. The summed E-state index contributed by atoms with van der Waals surface area (Å²) in [5.74, 6) is -0.00459. The zero-order valence-electron chi connectivity index (χ0n) is 12.0. The molecule has 1 aromatic rings. The Balaban J connectivity index is 1.70. The molecule has 1 spiro atoms. The summed E-state index contributed by atoms with van der Waals surface area (Å²) in [6.45, 7) is 3.89. The van der Waals surface area contributed by atoms with Gasteiger partial charge >= 0.3 is 0 Å². The molecule has 0 aliphatic carbocycles. The second-order valence-electron chi connectivity index (χ2n) is 5.70. The van der Waals surface area contributed by atoms with Crippen molar-refractivity contribution in [3.8, 4) is 0 Å². The van der Waals surface area contributed by atoms with Gasteiger partial charge in [0.25, 0.3) is 5.91 Å². The molecular formula is C15H20N2O3. The van der Waals surface area contributed by atoms with Gasteiger partial charge in [-0.1, -0.05) is 6.07 Å². The Hall–Kier alpha value is -1.46. The van der Waals surface area contributed by atoms with Crippen molar-refractivity contribution in [2.45, 2.75) is 31.5 Å². The van der Waals surface area contributed by atoms with E-state index in [0.29, 0.717) is 18.8 Å². The minimum atomic E-state index is -0.208. The lowest BCUT2D eigenvalue weighted by Gasteiger charge is -2.23. The predicted octanol–water partition coefficient (Wildman–Crippen LogP) is 1.41. The molecule has 5 nitrogen and oxygen atoms in total. The Morgan fingerprint density at radius 2 is 2.40 bits per heavy atom. The van der Waals surface area contributed by atoms with Crippen molar-refractivity contribution in [2.24, 2.45) is 0 Å². The zero-order valence-corrected chi connectivity index (χ0v) is 12.0. The molecule has 2 atom stereocenters. The third-order valence-corrected chi connectivity index (χ3v) is 4.22. The second kappa shape index (κ2) is 5.14. The Morgan fingerprint density at radius 3 is 3.10 bits per heavy atom. The van der Waals surface area contributed by atoms with Gasteiger partial charge in [0.1, 0.15) is 5.69 Å². The number of amides is 1. The van der Waals surface area contributed by atoms with Gasteiger partial charge in [0.05, 0.1) is 24.9 Å². The van der Waals surface area contributed by atoms with Crippen LogP contribution < -0.4 is 0 Å². The maximum absolute atomic E-state index is 12.5. The van der Waals surface area contributed by atoms with E-state index >= 15 is 0 Å². The molecule has 0 saturated carbocycles. The van der Waals surface area contributed by atoms with Crippen LogP contribution in [0.2, 0.25) is 0 Å². The summed E-state index contributed by atoms with van der Waals surface area (Å²) >= 11 is 0. The first-order valence-corrected chi connectivity index (χ1v) is 7.02. The number of pyridine rings is 1. The molecule has 0 radical (unpaired) electrons. The molecule has 5 heteroatoms. The van der Waals surface area contributed by atoms with E-state index in [1.165, 1.54) is 0 Å². The van der Waals surface area contributed by atoms with Crippen LogP contribution in [0, 0.1) is 6.92 Å². The highest BCUT2D eigenvalue weighted by atomic mass is 16.6. The Kier molecular flexibility index (Phi) is 3.48. The zero-order chi connectivity index (χ0) is 14.2. The Bertz CT molecular complexity index is 520. The molecule has 2 aliphatic rings. The molecule has 2 aliphatic heterocycles. The van der Waals surface area contributed by atoms with E-state index in [1.807, 2.05) is 24.0 Å². The second-order valence-corrected chi connectivity index (χ2v) is 5.70. The number of carbonyl (C=O) groups is 1. The molecular weight excluding hydrogens is 256 g/mol. The molecule has 2 fully saturated rings. The van der Waals surface area contributed by atoms with Crippen LogP contribution in [0.4, 0.5) is 0 Å². The van der Waals surface area contributed by atoms with Crippen molar-refractivity contribution in [2.75, 3.05) is 26.8 Å². The van der Waals surface area contributed by atoms with Crippen LogP contribution in [0.15, 0.2) is 18.2 Å². The van der Waals surface area contributed by atoms with Gasteiger partial charge in [-0.05, 0) is 25.5 Å². The average Bonchev–Trinajstić information content (AvgIpc) is 3.06. The number of rotatable bonds is 2. The minimum absolute atomic E-state index is 0.00459. The monoisotopic (exact) mass is 276 g/mol. The average molecular weight is 276 g/mol. The summed E-state index contributed by atoms with van der Waals surface area (Å²) in [6.07, 6.45) is 1.90. The normalized spacial score (nSPS) is 29.3. The maximum atomic E-state index is 12.5. The lowest BCUT2D eigenvalue weighted by molar-refractivity contribution is 0.00697. The third kappa shape index (κ3) is 2.43. The molecule has 108 valence electrons. The fourth-order valence-electron chi connectivity index (χ4n) is 3.08. The van der Waals surface area contributed by atoms with Crippen molar-refractivity contribution in [3.05, 3.63) is 29.6 Å². The van der Waals surface area contributed by atoms with Crippen LogP contribution in [-0.4, -0.2) is 54.3 Å². The summed E-state index contributed by atoms with van der Waals surface area (Å²) in [4.78, 5) is 18.6. The molecule has 0 unspecified atom stereocenters. The lowest BCUT2D eigenvalue weighted by atomic mass is 9.98. The van der Waals surface area contributed by atoms with Crippen LogP contribution in [-0.2, 0) is 9.47 Å². The van der Waals surface area contributed by atoms with Crippen molar-refractivity contribution < 1.29 is 14.3 Å². The summed E-state index contributed by atoms with van der Waals surface area (Å²) in [5, 5.41) is 0. The highest BCUT2D eigenvalue weighted by Gasteiger charge is 2.47. The molecule has 1 aromatic heterocycles. The number of aryl methyl sites for hydroxylation is 1. The smallest absolute Gasteiger partial charge is 0.272 e. The van der Waals surface area contributed by atoms with Gasteiger partial charge in [-0.15, -0.1) is 0 Å². The highest BCUT2D eigenvalue weighted by Crippen LogP contribution is 2.36. The largest absolute Gasteiger partial charge is 0.379 e. The fourth-order valence-corrected chi connectivity index (χ4v) is 3.08. The maximum Gasteiger partial charge on any atom is 0.272 e. The van der Waals surface area contributed by atoms with Crippen molar-refractivity contribution in [1.82, 2.24) is 9.88 Å². The molecule has 0 bridgehead atoms. The summed E-state index contributed by atoms with van der Waals surface area (Å²) in [7, 11) is 1.71. The molecule has 3 rings (SSSR count). The first-order valence-electron chi connectivity index (χ1n) is 7.02. The van der Waals surface area contributed by atoms with Crippen LogP contribution in [0.3, 0.4) is 0 Å². The fraction of sp³-hybridized carbons (Fsp3) is 0.600. The number of methoxy groups -OCH3 is 1. The lowest BCUT2D eigenvalue weighted by Crippen LogP contribution is -2.36. The summed E-state index contributed by atoms with van der Waals surface area (Å²) in [5.41, 5.74) is 1.17. The molecule has 0 N–H and O–H groups in total. The van der Waals surface area contributed by atoms with Gasteiger partial charge in [0.2, 0.25) is 0 Å². The van der Waals surface area contributed by atoms with E-state index in [2.05, 4.69) is 4.98 Å². The highest BCUT2D eigenvalue weighted by molar-refractivity contribution is 5.92. The van der Waals surface area contributed by atoms with Gasteiger partial charge in [-0.25, -0.2) is 4.98 Å². The van der Waals surface area contributed by atoms with Crippen LogP contribution >= 0.6 is 0 Å². The molecule has 1 amide bonds. The van der Waals surface area contributed by atoms with Gasteiger partial charge in [-0.3, -0.25) is 4.79 Å². The predicted molar refractivity (Wildman–Crippen MR) is 73.6 cm³/mol. The number of nitrogens with zero attached hydrogens (tertiary/aromatic N) is 2. The number of aromatic nitrogens is 1. The Labute approximate surface area is 118 Å². The Morgan fingerprint density at radius 1 is 1.55 bits per heavy atom. The van der Waals surface area contributed by atoms with Gasteiger partial charge in [-0.2, -0.15) is 0 Å². The SMILES string of the molecule is CO[C@H]1CO[C@]2(CCN(C(=O)c3cccc(C)n3)C2)C1. The van der Waals surface area contributed by atoms with Crippen molar-refractivity contribution in [1.29, 1.82) is 0 Å². The van der Waals surface area contributed by atoms with Gasteiger partial charge in [0.15, 0.2) is 0 Å². The van der Waals surface area contributed by atoms with E-state index in [9.17, 15) is 4.79 Å². The summed E-state index contributed by atoms with van der Waals surface area (Å²) < 4.78 is 11.3. The van der Waals surface area contributed by atoms with Gasteiger partial charge in [0, 0.05) is 25.8 Å². The van der Waals surface area contributed by atoms with Crippen molar-refractivity contribution in [3.63, 3.8) is 0 Å². The van der Waals surface area contributed by atoms with E-state index < -0.39 is 0 Å². The first kappa shape index (κ1) is 13.5. The number of hydrogen-bond donors (Lipinski definition) is 0. The number of likely N-dealkylation sites (tertiary alicyclic amines) is 1. The standard InChI is InChI=1S/C15H20N2O3/c1-11-4-3-5-13(16-11)14(18)17-7-6-15(10-17)8-12(19-2)9-20-15/h3-5,12H,6-10H2,1-2H3/t12-,15-/m1/s1. The molecule has 20 heavy (non-hydrogen) atoms. The van der Waals surface area contributed by atoms with Gasteiger partial charge < -0.3 is 14.4 Å². The third-order valence-electron chi connectivity index (χ3n) is 4.22. The van der Waals surface area contributed by atoms with Crippen molar-refractivity contribution >= 4 is 5.91 Å². The molecule has 2 saturated heterocycles.